The molecule has 21 heteroatoms. The number of nitrogens with one attached hydrogen (secondary N) is 5. The number of amides is 6. The molecule has 18 N–H and O–H groups in total. The lowest BCUT2D eigenvalue weighted by Crippen LogP contribution is -2.57. The molecule has 0 spiro atoms. The highest BCUT2D eigenvalue weighted by Crippen LogP contribution is 2.06. The lowest BCUT2D eigenvalue weighted by Gasteiger charge is -2.25. The topological polar surface area (TPSA) is 381 Å². The van der Waals surface area contributed by atoms with Crippen molar-refractivity contribution < 1.29 is 38.7 Å². The Hall–Kier alpha value is -5.21. The number of guanidine groups is 2. The van der Waals surface area contributed by atoms with Gasteiger partial charge in [0.05, 0.1) is 12.6 Å². The molecule has 278 valence electrons. The second-order valence-corrected chi connectivity index (χ2v) is 11.7. The van der Waals surface area contributed by atoms with Crippen LogP contribution in [0.15, 0.2) is 9.98 Å². The SMILES string of the molecule is CC(C)C[C@H](N)C(=O)NCC(=O)N[C@@H](C)C(=O)N[C@@H](CCCN=C(N)N)C(=O)N[C@@H](CCCN=C(N)N)C(=O)N[C@@H](CCC(N)=O)C(=O)O. The summed E-state index contributed by atoms with van der Waals surface area (Å²) in [7, 11) is 0. The number of carboxylic acid groups (broad SMARTS) is 1. The van der Waals surface area contributed by atoms with E-state index in [9.17, 15) is 38.7 Å². The number of nitrogens with zero attached hydrogens (tertiary/aromatic N) is 2. The van der Waals surface area contributed by atoms with Crippen LogP contribution in [-0.2, 0) is 33.6 Å². The summed E-state index contributed by atoms with van der Waals surface area (Å²) in [5, 5.41) is 21.7. The van der Waals surface area contributed by atoms with Gasteiger partial charge in [0, 0.05) is 19.5 Å². The first-order valence-corrected chi connectivity index (χ1v) is 15.7. The number of carbonyl (C=O) groups is 7. The summed E-state index contributed by atoms with van der Waals surface area (Å²) in [4.78, 5) is 94.8. The molecular weight excluding hydrogens is 646 g/mol. The Morgan fingerprint density at radius 3 is 1.55 bits per heavy atom. The average Bonchev–Trinajstić information content (AvgIpc) is 2.99. The molecule has 0 rings (SSSR count). The second-order valence-electron chi connectivity index (χ2n) is 11.7. The minimum Gasteiger partial charge on any atom is -0.480 e. The van der Waals surface area contributed by atoms with Crippen LogP contribution in [0.4, 0.5) is 0 Å². The van der Waals surface area contributed by atoms with Crippen molar-refractivity contribution in [1.82, 2.24) is 26.6 Å². The Balaban J connectivity index is 5.81. The lowest BCUT2D eigenvalue weighted by atomic mass is 10.0. The Morgan fingerprint density at radius 2 is 1.12 bits per heavy atom. The van der Waals surface area contributed by atoms with Crippen molar-refractivity contribution in [2.45, 2.75) is 95.9 Å². The fourth-order valence-electron chi connectivity index (χ4n) is 4.20. The van der Waals surface area contributed by atoms with Crippen LogP contribution in [0.1, 0.15) is 65.7 Å². The van der Waals surface area contributed by atoms with Crippen molar-refractivity contribution in [3.63, 3.8) is 0 Å². The zero-order valence-electron chi connectivity index (χ0n) is 28.2. The van der Waals surface area contributed by atoms with Gasteiger partial charge in [0.1, 0.15) is 24.2 Å². The normalized spacial score (nSPS) is 13.7. The molecule has 0 aromatic heterocycles. The highest BCUT2D eigenvalue weighted by Gasteiger charge is 2.30. The third kappa shape index (κ3) is 20.6. The van der Waals surface area contributed by atoms with Crippen LogP contribution < -0.4 is 61.0 Å². The maximum Gasteiger partial charge on any atom is 0.326 e. The minimum absolute atomic E-state index is 0.0164. The molecule has 0 saturated heterocycles. The van der Waals surface area contributed by atoms with Crippen LogP contribution >= 0.6 is 0 Å². The number of hydrogen-bond acceptors (Lipinski definition) is 10. The van der Waals surface area contributed by atoms with Crippen LogP contribution in [0.2, 0.25) is 0 Å². The monoisotopic (exact) mass is 699 g/mol. The number of carboxylic acids is 1. The first-order valence-electron chi connectivity index (χ1n) is 15.7. The van der Waals surface area contributed by atoms with Gasteiger partial charge in [0.2, 0.25) is 35.4 Å². The number of aliphatic carboxylic acids is 1. The molecule has 0 aliphatic carbocycles. The van der Waals surface area contributed by atoms with Gasteiger partial charge >= 0.3 is 5.97 Å². The lowest BCUT2D eigenvalue weighted by molar-refractivity contribution is -0.142. The summed E-state index contributed by atoms with van der Waals surface area (Å²) in [6, 6.07) is -6.06. The van der Waals surface area contributed by atoms with E-state index >= 15 is 0 Å². The van der Waals surface area contributed by atoms with Crippen LogP contribution in [0.25, 0.3) is 0 Å². The molecule has 0 unspecified atom stereocenters. The predicted octanol–water partition coefficient (Wildman–Crippen LogP) is -5.11. The predicted molar refractivity (Wildman–Crippen MR) is 180 cm³/mol. The molecule has 0 aliphatic heterocycles. The Morgan fingerprint density at radius 1 is 0.653 bits per heavy atom. The number of rotatable bonds is 24. The van der Waals surface area contributed by atoms with E-state index in [1.165, 1.54) is 6.92 Å². The number of hydrogen-bond donors (Lipinski definition) is 12. The molecule has 0 bridgehead atoms. The van der Waals surface area contributed by atoms with Crippen LogP contribution in [-0.4, -0.2) is 108 Å². The minimum atomic E-state index is -1.49. The van der Waals surface area contributed by atoms with Crippen molar-refractivity contribution in [2.24, 2.45) is 50.3 Å². The molecule has 0 fully saturated rings. The summed E-state index contributed by atoms with van der Waals surface area (Å²) in [5.74, 6) is -6.16. The van der Waals surface area contributed by atoms with E-state index in [1.807, 2.05) is 13.8 Å². The first kappa shape index (κ1) is 43.8. The molecule has 49 heavy (non-hydrogen) atoms. The molecule has 0 aromatic rings. The number of aliphatic imine (C=N–C) groups is 2. The molecule has 5 atom stereocenters. The Kier molecular flexibility index (Phi) is 20.7. The molecule has 6 amide bonds. The number of primary amides is 1. The van der Waals surface area contributed by atoms with Crippen LogP contribution in [0.3, 0.4) is 0 Å². The standard InChI is InChI=1S/C28H53N13O8/c1-14(2)12-16(29)23(45)37-13-21(43)38-15(3)22(44)39-17(6-4-10-35-27(31)32)24(46)40-18(7-5-11-36-28(33)34)25(47)41-19(26(48)49)8-9-20(30)42/h14-19H,4-13,29H2,1-3H3,(H2,30,42)(H,37,45)(H,38,43)(H,39,44)(H,40,46)(H,41,47)(H,48,49)(H4,31,32,35)(H4,33,34,36)/t15-,16-,17-,18-,19-/m0/s1. The van der Waals surface area contributed by atoms with Crippen molar-refractivity contribution >= 4 is 53.3 Å². The van der Waals surface area contributed by atoms with Crippen LogP contribution in [0.5, 0.6) is 0 Å². The number of carbonyl (C=O) groups excluding carboxylic acids is 6. The maximum absolute atomic E-state index is 13.5. The zero-order chi connectivity index (χ0) is 37.7. The number of nitrogens with two attached hydrogens (primary N) is 6. The third-order valence-electron chi connectivity index (χ3n) is 6.71. The molecular formula is C28H53N13O8. The quantitative estimate of drug-likeness (QED) is 0.0255. The molecule has 0 aliphatic rings. The first-order chi connectivity index (χ1) is 22.8. The van der Waals surface area contributed by atoms with E-state index < -0.39 is 78.2 Å². The summed E-state index contributed by atoms with van der Waals surface area (Å²) >= 11 is 0. The molecule has 21 nitrogen and oxygen atoms in total. The largest absolute Gasteiger partial charge is 0.480 e. The van der Waals surface area contributed by atoms with E-state index in [2.05, 4.69) is 36.6 Å². The van der Waals surface area contributed by atoms with Gasteiger partial charge in [-0.1, -0.05) is 13.8 Å². The second kappa shape index (κ2) is 23.2. The van der Waals surface area contributed by atoms with Gasteiger partial charge in [0.15, 0.2) is 11.9 Å². The summed E-state index contributed by atoms with van der Waals surface area (Å²) < 4.78 is 0. The van der Waals surface area contributed by atoms with Crippen molar-refractivity contribution in [2.75, 3.05) is 19.6 Å². The molecule has 0 heterocycles. The molecule has 0 saturated carbocycles. The zero-order valence-corrected chi connectivity index (χ0v) is 28.2. The van der Waals surface area contributed by atoms with Crippen molar-refractivity contribution in [3.8, 4) is 0 Å². The van der Waals surface area contributed by atoms with E-state index in [1.54, 1.807) is 0 Å². The van der Waals surface area contributed by atoms with Crippen molar-refractivity contribution in [1.29, 1.82) is 0 Å². The third-order valence-corrected chi connectivity index (χ3v) is 6.71. The summed E-state index contributed by atoms with van der Waals surface area (Å²) in [6.45, 7) is 4.86. The highest BCUT2D eigenvalue weighted by molar-refractivity contribution is 5.95. The van der Waals surface area contributed by atoms with E-state index in [-0.39, 0.29) is 69.5 Å². The fraction of sp³-hybridized carbons (Fsp3) is 0.679. The van der Waals surface area contributed by atoms with E-state index in [0.29, 0.717) is 6.42 Å². The molecule has 0 radical (unpaired) electrons. The van der Waals surface area contributed by atoms with Gasteiger partial charge in [-0.25, -0.2) is 4.79 Å². The van der Waals surface area contributed by atoms with Gasteiger partial charge in [-0.3, -0.25) is 38.8 Å². The van der Waals surface area contributed by atoms with Crippen molar-refractivity contribution in [3.05, 3.63) is 0 Å². The van der Waals surface area contributed by atoms with Gasteiger partial charge < -0.3 is 66.1 Å². The summed E-state index contributed by atoms with van der Waals surface area (Å²) in [6.07, 6.45) is 0.102. The van der Waals surface area contributed by atoms with E-state index in [0.717, 1.165) is 0 Å². The van der Waals surface area contributed by atoms with Gasteiger partial charge in [-0.15, -0.1) is 0 Å². The fourth-order valence-corrected chi connectivity index (χ4v) is 4.20. The Bertz CT molecular complexity index is 1200. The summed E-state index contributed by atoms with van der Waals surface area (Å²) in [5.41, 5.74) is 32.3. The smallest absolute Gasteiger partial charge is 0.326 e. The Labute approximate surface area is 284 Å². The average molecular weight is 700 g/mol. The van der Waals surface area contributed by atoms with E-state index in [4.69, 9.17) is 34.4 Å². The highest BCUT2D eigenvalue weighted by atomic mass is 16.4. The van der Waals surface area contributed by atoms with Gasteiger partial charge in [-0.05, 0) is 51.4 Å². The van der Waals surface area contributed by atoms with Gasteiger partial charge in [-0.2, -0.15) is 0 Å². The maximum atomic E-state index is 13.5. The van der Waals surface area contributed by atoms with Crippen LogP contribution in [0, 0.1) is 5.92 Å². The molecule has 0 aromatic carbocycles. The van der Waals surface area contributed by atoms with Gasteiger partial charge in [0.25, 0.3) is 0 Å².